The van der Waals surface area contributed by atoms with Crippen molar-refractivity contribution >= 4 is 0 Å². The Kier molecular flexibility index (Phi) is 2.89. The highest BCUT2D eigenvalue weighted by Crippen LogP contribution is 2.48. The molecule has 2 heterocycles. The number of hydrogen-bond acceptors (Lipinski definition) is 4. The van der Waals surface area contributed by atoms with Crippen LogP contribution in [0.3, 0.4) is 0 Å². The molecule has 3 atom stereocenters. The zero-order valence-corrected chi connectivity index (χ0v) is 11.1. The van der Waals surface area contributed by atoms with Gasteiger partial charge in [-0.1, -0.05) is 0 Å². The Morgan fingerprint density at radius 1 is 1.44 bits per heavy atom. The van der Waals surface area contributed by atoms with Gasteiger partial charge >= 0.3 is 0 Å². The molecule has 0 amide bonds. The fourth-order valence-electron chi connectivity index (χ4n) is 3.72. The Labute approximate surface area is 109 Å². The minimum atomic E-state index is -0.885. The van der Waals surface area contributed by atoms with E-state index in [0.717, 1.165) is 19.4 Å². The van der Waals surface area contributed by atoms with E-state index in [1.54, 1.807) is 0 Å². The van der Waals surface area contributed by atoms with Gasteiger partial charge in [-0.05, 0) is 39.0 Å². The summed E-state index contributed by atoms with van der Waals surface area (Å²) in [6, 6.07) is 3.43. The molecular formula is C14H22N2O2. The minimum Gasteiger partial charge on any atom is -0.387 e. The van der Waals surface area contributed by atoms with Crippen molar-refractivity contribution < 1.29 is 9.84 Å². The number of β-amino-alcohol motifs (C(OH)–C–C–N with tert-alkyl or cyclic N) is 1. The molecule has 0 aromatic carbocycles. The second-order valence-corrected chi connectivity index (χ2v) is 6.34. The van der Waals surface area contributed by atoms with Gasteiger partial charge in [-0.2, -0.15) is 5.26 Å². The average molecular weight is 250 g/mol. The lowest BCUT2D eigenvalue weighted by Gasteiger charge is -2.42. The molecule has 2 saturated heterocycles. The number of aliphatic hydroxyl groups is 1. The van der Waals surface area contributed by atoms with Crippen molar-refractivity contribution in [3.05, 3.63) is 0 Å². The molecule has 4 heteroatoms. The van der Waals surface area contributed by atoms with Crippen molar-refractivity contribution in [2.75, 3.05) is 19.8 Å². The second-order valence-electron chi connectivity index (χ2n) is 6.34. The molecule has 0 radical (unpaired) electrons. The highest BCUT2D eigenvalue weighted by molar-refractivity contribution is 5.18. The van der Waals surface area contributed by atoms with Gasteiger partial charge in [0.15, 0.2) is 0 Å². The highest BCUT2D eigenvalue weighted by Gasteiger charge is 2.58. The zero-order chi connectivity index (χ0) is 12.8. The van der Waals surface area contributed by atoms with E-state index in [4.69, 9.17) is 4.74 Å². The maximum Gasteiger partial charge on any atom is 0.111 e. The summed E-state index contributed by atoms with van der Waals surface area (Å²) in [4.78, 5) is 2.40. The third-order valence-electron chi connectivity index (χ3n) is 5.00. The van der Waals surface area contributed by atoms with Crippen LogP contribution in [0.25, 0.3) is 0 Å². The van der Waals surface area contributed by atoms with Gasteiger partial charge in [0, 0.05) is 25.2 Å². The summed E-state index contributed by atoms with van der Waals surface area (Å²) in [5.41, 5.74) is -1.58. The monoisotopic (exact) mass is 250 g/mol. The van der Waals surface area contributed by atoms with Crippen LogP contribution in [-0.4, -0.2) is 47.4 Å². The molecule has 0 spiro atoms. The maximum absolute atomic E-state index is 11.0. The Hall–Kier alpha value is -0.630. The van der Waals surface area contributed by atoms with Crippen LogP contribution in [0.2, 0.25) is 0 Å². The molecule has 1 aliphatic carbocycles. The summed E-state index contributed by atoms with van der Waals surface area (Å²) in [5.74, 6) is 0. The third-order valence-corrected chi connectivity index (χ3v) is 5.00. The highest BCUT2D eigenvalue weighted by atomic mass is 16.5. The van der Waals surface area contributed by atoms with E-state index < -0.39 is 11.0 Å². The van der Waals surface area contributed by atoms with Crippen molar-refractivity contribution in [3.63, 3.8) is 0 Å². The summed E-state index contributed by atoms with van der Waals surface area (Å²) >= 11 is 0. The number of nitriles is 1. The molecule has 3 fully saturated rings. The van der Waals surface area contributed by atoms with E-state index in [1.165, 1.54) is 12.8 Å². The SMILES string of the molecule is CC1CC(O)(C2(C#N)CCCOC2)CN1C1CC1. The molecule has 4 nitrogen and oxygen atoms in total. The van der Waals surface area contributed by atoms with Gasteiger partial charge in [0.1, 0.15) is 5.41 Å². The first-order chi connectivity index (χ1) is 8.60. The van der Waals surface area contributed by atoms with Crippen LogP contribution in [-0.2, 0) is 4.74 Å². The number of hydrogen-bond donors (Lipinski definition) is 1. The Balaban J connectivity index is 1.83. The molecule has 0 aromatic rings. The van der Waals surface area contributed by atoms with Gasteiger partial charge < -0.3 is 9.84 Å². The topological polar surface area (TPSA) is 56.5 Å². The van der Waals surface area contributed by atoms with Crippen LogP contribution in [0.5, 0.6) is 0 Å². The number of rotatable bonds is 2. The standard InChI is InChI=1S/C14H22N2O2/c1-11-7-14(17,9-16(11)12-3-4-12)13(8-15)5-2-6-18-10-13/h11-12,17H,2-7,9-10H2,1H3. The molecular weight excluding hydrogens is 228 g/mol. The van der Waals surface area contributed by atoms with E-state index in [2.05, 4.69) is 17.9 Å². The molecule has 3 aliphatic rings. The van der Waals surface area contributed by atoms with Crippen molar-refractivity contribution in [2.45, 2.75) is 56.7 Å². The Morgan fingerprint density at radius 3 is 2.78 bits per heavy atom. The Morgan fingerprint density at radius 2 is 2.22 bits per heavy atom. The molecule has 0 aromatic heterocycles. The molecule has 0 bridgehead atoms. The van der Waals surface area contributed by atoms with Crippen LogP contribution < -0.4 is 0 Å². The first-order valence-corrected chi connectivity index (χ1v) is 7.07. The summed E-state index contributed by atoms with van der Waals surface area (Å²) in [6.07, 6.45) is 4.85. The van der Waals surface area contributed by atoms with Gasteiger partial charge in [0.05, 0.1) is 18.3 Å². The smallest absolute Gasteiger partial charge is 0.111 e. The van der Waals surface area contributed by atoms with Gasteiger partial charge in [-0.25, -0.2) is 0 Å². The van der Waals surface area contributed by atoms with Crippen molar-refractivity contribution in [1.82, 2.24) is 4.90 Å². The zero-order valence-electron chi connectivity index (χ0n) is 11.1. The van der Waals surface area contributed by atoms with Gasteiger partial charge in [-0.3, -0.25) is 4.90 Å². The van der Waals surface area contributed by atoms with E-state index in [0.29, 0.717) is 31.7 Å². The molecule has 1 saturated carbocycles. The molecule has 3 unspecified atom stereocenters. The lowest BCUT2D eigenvalue weighted by atomic mass is 9.68. The van der Waals surface area contributed by atoms with Crippen LogP contribution >= 0.6 is 0 Å². The van der Waals surface area contributed by atoms with Crippen molar-refractivity contribution in [1.29, 1.82) is 5.26 Å². The number of ether oxygens (including phenoxy) is 1. The lowest BCUT2D eigenvalue weighted by Crippen LogP contribution is -2.53. The first kappa shape index (κ1) is 12.4. The largest absolute Gasteiger partial charge is 0.387 e. The molecule has 1 N–H and O–H groups in total. The van der Waals surface area contributed by atoms with E-state index >= 15 is 0 Å². The van der Waals surface area contributed by atoms with Gasteiger partial charge in [0.25, 0.3) is 0 Å². The summed E-state index contributed by atoms with van der Waals surface area (Å²) < 4.78 is 5.50. The molecule has 18 heavy (non-hydrogen) atoms. The van der Waals surface area contributed by atoms with Crippen LogP contribution in [0.4, 0.5) is 0 Å². The number of likely N-dealkylation sites (tertiary alicyclic amines) is 1. The Bertz CT molecular complexity index is 368. The van der Waals surface area contributed by atoms with E-state index in [-0.39, 0.29) is 0 Å². The van der Waals surface area contributed by atoms with Gasteiger partial charge in [0.2, 0.25) is 0 Å². The first-order valence-electron chi connectivity index (χ1n) is 7.07. The minimum absolute atomic E-state index is 0.384. The predicted octanol–water partition coefficient (Wildman–Crippen LogP) is 1.29. The quantitative estimate of drug-likeness (QED) is 0.802. The van der Waals surface area contributed by atoms with Crippen LogP contribution in [0.15, 0.2) is 0 Å². The van der Waals surface area contributed by atoms with Crippen molar-refractivity contribution in [3.8, 4) is 6.07 Å². The summed E-state index contributed by atoms with van der Waals surface area (Å²) in [7, 11) is 0. The third kappa shape index (κ3) is 1.77. The fraction of sp³-hybridized carbons (Fsp3) is 0.929. The summed E-state index contributed by atoms with van der Waals surface area (Å²) in [6.45, 7) is 3.94. The summed E-state index contributed by atoms with van der Waals surface area (Å²) in [5, 5.41) is 20.6. The predicted molar refractivity (Wildman–Crippen MR) is 66.9 cm³/mol. The van der Waals surface area contributed by atoms with Gasteiger partial charge in [-0.15, -0.1) is 0 Å². The maximum atomic E-state index is 11.0. The van der Waals surface area contributed by atoms with Crippen LogP contribution in [0.1, 0.15) is 39.0 Å². The van der Waals surface area contributed by atoms with Crippen molar-refractivity contribution in [2.24, 2.45) is 5.41 Å². The molecule has 3 rings (SSSR count). The lowest BCUT2D eigenvalue weighted by molar-refractivity contribution is -0.111. The molecule has 100 valence electrons. The molecule has 2 aliphatic heterocycles. The van der Waals surface area contributed by atoms with E-state index in [9.17, 15) is 10.4 Å². The fourth-order valence-corrected chi connectivity index (χ4v) is 3.72. The normalized spacial score (nSPS) is 45.9. The average Bonchev–Trinajstić information content (AvgIpc) is 3.16. The van der Waals surface area contributed by atoms with Crippen LogP contribution in [0, 0.1) is 16.7 Å². The number of nitrogens with zero attached hydrogens (tertiary/aromatic N) is 2. The second kappa shape index (κ2) is 4.19. The van der Waals surface area contributed by atoms with E-state index in [1.807, 2.05) is 0 Å².